The molecule has 3 aromatic rings. The van der Waals surface area contributed by atoms with Gasteiger partial charge >= 0.3 is 5.97 Å². The summed E-state index contributed by atoms with van der Waals surface area (Å²) < 4.78 is 0. The lowest BCUT2D eigenvalue weighted by Crippen LogP contribution is -2.48. The minimum absolute atomic E-state index is 0.0420. The largest absolute Gasteiger partial charge is 0.384 e. The van der Waals surface area contributed by atoms with Gasteiger partial charge in [-0.3, -0.25) is 14.7 Å². The zero-order chi connectivity index (χ0) is 26.6. The van der Waals surface area contributed by atoms with E-state index in [2.05, 4.69) is 31.1 Å². The van der Waals surface area contributed by atoms with Gasteiger partial charge in [-0.05, 0) is 55.2 Å². The van der Waals surface area contributed by atoms with Gasteiger partial charge in [-0.25, -0.2) is 9.78 Å². The first-order chi connectivity index (χ1) is 18.4. The Balaban J connectivity index is 1.19. The number of H-pyrrole nitrogens is 1. The second kappa shape index (κ2) is 11.3. The fourth-order valence-electron chi connectivity index (χ4n) is 4.59. The monoisotopic (exact) mass is 517 g/mol. The van der Waals surface area contributed by atoms with E-state index in [4.69, 9.17) is 10.6 Å². The summed E-state index contributed by atoms with van der Waals surface area (Å²) in [4.78, 5) is 46.7. The molecule has 5 rings (SSSR count). The third-order valence-corrected chi connectivity index (χ3v) is 7.36. The first kappa shape index (κ1) is 25.8. The first-order valence-electron chi connectivity index (χ1n) is 13.4. The van der Waals surface area contributed by atoms with Crippen LogP contribution in [-0.2, 0) is 22.6 Å². The molecule has 1 unspecified atom stereocenters. The quantitative estimate of drug-likeness (QED) is 0.193. The maximum absolute atomic E-state index is 12.4. The lowest BCUT2D eigenvalue weighted by Gasteiger charge is -2.35. The third kappa shape index (κ3) is 6.19. The predicted molar refractivity (Wildman–Crippen MR) is 144 cm³/mol. The van der Waals surface area contributed by atoms with Crippen molar-refractivity contribution in [2.24, 2.45) is 22.7 Å². The van der Waals surface area contributed by atoms with Crippen LogP contribution in [0.4, 0.5) is 0 Å². The van der Waals surface area contributed by atoms with Crippen molar-refractivity contribution in [1.29, 1.82) is 0 Å². The number of imidazole rings is 1. The Hall–Kier alpha value is -3.79. The molecule has 1 aliphatic heterocycles. The van der Waals surface area contributed by atoms with E-state index in [1.54, 1.807) is 18.2 Å². The van der Waals surface area contributed by atoms with Crippen LogP contribution in [0.15, 0.2) is 41.7 Å². The number of nitrogens with zero attached hydrogens (tertiary/aromatic N) is 5. The Kier molecular flexibility index (Phi) is 7.69. The minimum atomic E-state index is -0.568. The second-order valence-corrected chi connectivity index (χ2v) is 10.3. The Morgan fingerprint density at radius 1 is 1.18 bits per heavy atom. The van der Waals surface area contributed by atoms with Gasteiger partial charge in [-0.15, -0.1) is 0 Å². The number of piperazine rings is 1. The van der Waals surface area contributed by atoms with Crippen LogP contribution in [0.25, 0.3) is 11.0 Å². The highest BCUT2D eigenvalue weighted by Crippen LogP contribution is 2.31. The summed E-state index contributed by atoms with van der Waals surface area (Å²) in [5.41, 5.74) is 9.82. The lowest BCUT2D eigenvalue weighted by molar-refractivity contribution is -0.134. The van der Waals surface area contributed by atoms with Gasteiger partial charge in [0.1, 0.15) is 11.7 Å². The van der Waals surface area contributed by atoms with E-state index in [0.717, 1.165) is 74.5 Å². The van der Waals surface area contributed by atoms with Gasteiger partial charge in [0.05, 0.1) is 16.6 Å². The Morgan fingerprint density at radius 2 is 1.97 bits per heavy atom. The molecular formula is C28H35N7O3. The van der Waals surface area contributed by atoms with Crippen molar-refractivity contribution in [3.05, 3.63) is 59.2 Å². The molecule has 1 aliphatic carbocycles. The summed E-state index contributed by atoms with van der Waals surface area (Å²) in [6.07, 6.45) is 5.30. The zero-order valence-electron chi connectivity index (χ0n) is 22.0. The highest BCUT2D eigenvalue weighted by atomic mass is 16.7. The number of carbonyl (C=O) groups is 2. The normalized spacial score (nSPS) is 17.5. The zero-order valence-corrected chi connectivity index (χ0v) is 22.0. The molecular weight excluding hydrogens is 482 g/mol. The van der Waals surface area contributed by atoms with Crippen molar-refractivity contribution in [2.45, 2.75) is 46.1 Å². The average molecular weight is 518 g/mol. The molecule has 1 saturated carbocycles. The molecule has 1 aromatic carbocycles. The van der Waals surface area contributed by atoms with Crippen LogP contribution in [0.5, 0.6) is 0 Å². The van der Waals surface area contributed by atoms with Crippen molar-refractivity contribution >= 4 is 28.7 Å². The fraction of sp³-hybridized carbons (Fsp3) is 0.464. The smallest absolute Gasteiger partial charge is 0.365 e. The van der Waals surface area contributed by atoms with Crippen LogP contribution < -0.4 is 5.73 Å². The van der Waals surface area contributed by atoms with Gasteiger partial charge in [0.2, 0.25) is 5.91 Å². The number of oxime groups is 1. The number of hydrogen-bond acceptors (Lipinski definition) is 7. The summed E-state index contributed by atoms with van der Waals surface area (Å²) in [5.74, 6) is 1.16. The van der Waals surface area contributed by atoms with Crippen molar-refractivity contribution in [1.82, 2.24) is 24.8 Å². The Labute approximate surface area is 222 Å². The van der Waals surface area contributed by atoms with Crippen molar-refractivity contribution < 1.29 is 14.4 Å². The summed E-state index contributed by atoms with van der Waals surface area (Å²) >= 11 is 0. The number of pyridine rings is 1. The topological polar surface area (TPSA) is 130 Å². The van der Waals surface area contributed by atoms with E-state index in [1.165, 1.54) is 5.56 Å². The Bertz CT molecular complexity index is 1340. The van der Waals surface area contributed by atoms with Gasteiger partial charge in [0, 0.05) is 62.9 Å². The first-order valence-corrected chi connectivity index (χ1v) is 13.4. The molecule has 10 heteroatoms. The molecule has 1 saturated heterocycles. The van der Waals surface area contributed by atoms with Crippen molar-refractivity contribution in [2.75, 3.05) is 26.2 Å². The number of aromatic nitrogens is 3. The number of nitrogens with two attached hydrogens (primary N) is 1. The Morgan fingerprint density at radius 3 is 2.71 bits per heavy atom. The van der Waals surface area contributed by atoms with E-state index in [-0.39, 0.29) is 11.8 Å². The molecule has 0 spiro atoms. The SMILES string of the molecule is CCC(C)C(N)=NOC(=O)c1ccc2nc(Cc3cc(CN4CCN(C(=O)C5CC5)CC4)ccn3)[nH]c2c1. The van der Waals surface area contributed by atoms with Gasteiger partial charge in [0.25, 0.3) is 0 Å². The number of aromatic amines is 1. The van der Waals surface area contributed by atoms with E-state index in [9.17, 15) is 9.59 Å². The summed E-state index contributed by atoms with van der Waals surface area (Å²) in [6, 6.07) is 9.31. The van der Waals surface area contributed by atoms with Crippen LogP contribution in [0.2, 0.25) is 0 Å². The number of amides is 1. The van der Waals surface area contributed by atoms with Gasteiger partial charge in [-0.1, -0.05) is 19.0 Å². The standard InChI is InChI=1S/C28H35N7O3/c1-3-18(2)26(29)33-38-28(37)21-6-7-23-24(15-21)32-25(31-23)16-22-14-19(8-9-30-22)17-34-10-12-35(13-11-34)27(36)20-4-5-20/h6-9,14-15,18,20H,3-5,10-13,16-17H2,1-2H3,(H2,29,33)(H,31,32). The van der Waals surface area contributed by atoms with Crippen LogP contribution in [0, 0.1) is 11.8 Å². The van der Waals surface area contributed by atoms with E-state index in [0.29, 0.717) is 23.7 Å². The van der Waals surface area contributed by atoms with E-state index >= 15 is 0 Å². The molecule has 3 heterocycles. The van der Waals surface area contributed by atoms with Crippen molar-refractivity contribution in [3.63, 3.8) is 0 Å². The highest BCUT2D eigenvalue weighted by Gasteiger charge is 2.34. The fourth-order valence-corrected chi connectivity index (χ4v) is 4.59. The molecule has 2 fully saturated rings. The molecule has 0 bridgehead atoms. The molecule has 10 nitrogen and oxygen atoms in total. The maximum Gasteiger partial charge on any atom is 0.365 e. The average Bonchev–Trinajstić information content (AvgIpc) is 3.71. The molecule has 200 valence electrons. The number of nitrogens with one attached hydrogen (secondary N) is 1. The van der Waals surface area contributed by atoms with Crippen LogP contribution in [0.3, 0.4) is 0 Å². The van der Waals surface area contributed by atoms with Crippen LogP contribution in [0.1, 0.15) is 60.5 Å². The number of amidine groups is 1. The molecule has 0 radical (unpaired) electrons. The second-order valence-electron chi connectivity index (χ2n) is 10.3. The lowest BCUT2D eigenvalue weighted by atomic mass is 10.1. The molecule has 3 N–H and O–H groups in total. The van der Waals surface area contributed by atoms with E-state index < -0.39 is 5.97 Å². The molecule has 1 atom stereocenters. The number of hydrogen-bond donors (Lipinski definition) is 2. The summed E-state index contributed by atoms with van der Waals surface area (Å²) in [5, 5.41) is 3.77. The van der Waals surface area contributed by atoms with E-state index in [1.807, 2.05) is 31.0 Å². The molecule has 2 aromatic heterocycles. The minimum Gasteiger partial charge on any atom is -0.384 e. The van der Waals surface area contributed by atoms with Crippen LogP contribution in [-0.4, -0.2) is 68.6 Å². The third-order valence-electron chi connectivity index (χ3n) is 7.36. The van der Waals surface area contributed by atoms with Gasteiger partial charge in [0.15, 0.2) is 0 Å². The molecule has 1 amide bonds. The summed E-state index contributed by atoms with van der Waals surface area (Å²) in [6.45, 7) is 8.14. The van der Waals surface area contributed by atoms with Crippen molar-refractivity contribution in [3.8, 4) is 0 Å². The van der Waals surface area contributed by atoms with Gasteiger partial charge in [-0.2, -0.15) is 0 Å². The molecule has 38 heavy (non-hydrogen) atoms. The van der Waals surface area contributed by atoms with Gasteiger partial charge < -0.3 is 20.5 Å². The predicted octanol–water partition coefficient (Wildman–Crippen LogP) is 3.08. The number of benzene rings is 1. The maximum atomic E-state index is 12.4. The number of carbonyl (C=O) groups excluding carboxylic acids is 2. The molecule has 2 aliphatic rings. The highest BCUT2D eigenvalue weighted by molar-refractivity contribution is 5.94. The summed E-state index contributed by atoms with van der Waals surface area (Å²) in [7, 11) is 0. The number of rotatable bonds is 9. The van der Waals surface area contributed by atoms with Crippen LogP contribution >= 0.6 is 0 Å². The number of fused-ring (bicyclic) bond motifs is 1.